The molecule has 19 heavy (non-hydrogen) atoms. The van der Waals surface area contributed by atoms with E-state index in [0.717, 1.165) is 12.2 Å². The number of hydrogen-bond acceptors (Lipinski definition) is 2. The normalized spacial score (nSPS) is 12.5. The third-order valence-corrected chi connectivity index (χ3v) is 9.22. The first-order valence-corrected chi connectivity index (χ1v) is 13.6. The van der Waals surface area contributed by atoms with E-state index in [1.165, 1.54) is 18.0 Å². The highest BCUT2D eigenvalue weighted by atomic mass is 28.4. The molecule has 108 valence electrons. The topological polar surface area (TPSA) is 18.5 Å². The zero-order valence-electron chi connectivity index (χ0n) is 13.2. The maximum Gasteiger partial charge on any atom is 0.173 e. The van der Waals surface area contributed by atoms with E-state index in [1.54, 1.807) is 7.11 Å². The largest absolute Gasteiger partial charge is 0.496 e. The van der Waals surface area contributed by atoms with Crippen LogP contribution >= 0.6 is 0 Å². The van der Waals surface area contributed by atoms with Gasteiger partial charge in [0.05, 0.1) is 7.11 Å². The highest BCUT2D eigenvalue weighted by molar-refractivity contribution is 6.84. The van der Waals surface area contributed by atoms with Crippen LogP contribution in [-0.4, -0.2) is 23.7 Å². The summed E-state index contributed by atoms with van der Waals surface area (Å²) in [6.45, 7) is 11.5. The fourth-order valence-corrected chi connectivity index (χ4v) is 10.6. The fourth-order valence-electron chi connectivity index (χ4n) is 2.49. The molecule has 0 amide bonds. The third-order valence-electron chi connectivity index (χ3n) is 3.00. The van der Waals surface area contributed by atoms with E-state index in [9.17, 15) is 0 Å². The Morgan fingerprint density at radius 2 is 1.63 bits per heavy atom. The number of rotatable bonds is 7. The summed E-state index contributed by atoms with van der Waals surface area (Å²) in [6, 6.07) is 9.52. The van der Waals surface area contributed by atoms with Crippen molar-refractivity contribution in [3.05, 3.63) is 29.8 Å². The molecular weight excluding hydrogens is 268 g/mol. The van der Waals surface area contributed by atoms with Crippen molar-refractivity contribution in [3.8, 4) is 5.75 Å². The molecular formula is C15H28O2Si2. The molecule has 0 spiro atoms. The lowest BCUT2D eigenvalue weighted by molar-refractivity contribution is 0.409. The van der Waals surface area contributed by atoms with Gasteiger partial charge in [-0.2, -0.15) is 0 Å². The van der Waals surface area contributed by atoms with Gasteiger partial charge < -0.3 is 8.85 Å². The van der Waals surface area contributed by atoms with Crippen LogP contribution in [-0.2, 0) is 10.5 Å². The van der Waals surface area contributed by atoms with Crippen molar-refractivity contribution in [3.63, 3.8) is 0 Å². The Morgan fingerprint density at radius 3 is 2.21 bits per heavy atom. The van der Waals surface area contributed by atoms with Crippen LogP contribution in [0.15, 0.2) is 24.3 Å². The SMILES string of the molecule is COc1ccccc1CCC[Si](C)(C)O[Si](C)(C)C. The van der Waals surface area contributed by atoms with E-state index in [0.29, 0.717) is 0 Å². The average molecular weight is 297 g/mol. The summed E-state index contributed by atoms with van der Waals surface area (Å²) in [5.41, 5.74) is 1.31. The lowest BCUT2D eigenvalue weighted by Gasteiger charge is -2.31. The quantitative estimate of drug-likeness (QED) is 0.680. The molecule has 0 heterocycles. The second kappa shape index (κ2) is 6.72. The molecule has 0 unspecified atom stereocenters. The minimum atomic E-state index is -1.50. The summed E-state index contributed by atoms with van der Waals surface area (Å²) < 4.78 is 11.8. The summed E-state index contributed by atoms with van der Waals surface area (Å²) >= 11 is 0. The zero-order valence-corrected chi connectivity index (χ0v) is 15.2. The van der Waals surface area contributed by atoms with Crippen molar-refractivity contribution in [2.24, 2.45) is 0 Å². The zero-order chi connectivity index (χ0) is 14.5. The molecule has 0 N–H and O–H groups in total. The van der Waals surface area contributed by atoms with Crippen molar-refractivity contribution in [1.82, 2.24) is 0 Å². The van der Waals surface area contributed by atoms with Crippen LogP contribution < -0.4 is 4.74 Å². The van der Waals surface area contributed by atoms with E-state index in [-0.39, 0.29) is 0 Å². The van der Waals surface area contributed by atoms with Gasteiger partial charge in [-0.25, -0.2) is 0 Å². The average Bonchev–Trinajstić information content (AvgIpc) is 2.26. The molecule has 4 heteroatoms. The molecule has 0 atom stereocenters. The molecule has 2 nitrogen and oxygen atoms in total. The van der Waals surface area contributed by atoms with Gasteiger partial charge in [0.1, 0.15) is 5.75 Å². The maximum absolute atomic E-state index is 6.37. The van der Waals surface area contributed by atoms with Crippen molar-refractivity contribution >= 4 is 16.6 Å². The molecule has 0 radical (unpaired) electrons. The minimum Gasteiger partial charge on any atom is -0.496 e. The van der Waals surface area contributed by atoms with Crippen LogP contribution in [0.3, 0.4) is 0 Å². The molecule has 0 aliphatic rings. The van der Waals surface area contributed by atoms with E-state index in [4.69, 9.17) is 8.85 Å². The molecule has 0 saturated carbocycles. The highest BCUT2D eigenvalue weighted by Crippen LogP contribution is 2.24. The lowest BCUT2D eigenvalue weighted by atomic mass is 10.1. The van der Waals surface area contributed by atoms with Gasteiger partial charge in [-0.05, 0) is 63.3 Å². The van der Waals surface area contributed by atoms with Gasteiger partial charge in [-0.3, -0.25) is 0 Å². The Morgan fingerprint density at radius 1 is 1.00 bits per heavy atom. The van der Waals surface area contributed by atoms with Crippen molar-refractivity contribution in [2.75, 3.05) is 7.11 Å². The van der Waals surface area contributed by atoms with Crippen LogP contribution in [0.4, 0.5) is 0 Å². The fraction of sp³-hybridized carbons (Fsp3) is 0.600. The second-order valence-corrected chi connectivity index (χ2v) is 15.7. The number of para-hydroxylation sites is 1. The Kier molecular flexibility index (Phi) is 5.83. The van der Waals surface area contributed by atoms with Crippen LogP contribution in [0, 0.1) is 0 Å². The minimum absolute atomic E-state index is 1.01. The first-order chi connectivity index (χ1) is 8.73. The van der Waals surface area contributed by atoms with Gasteiger partial charge in [-0.15, -0.1) is 0 Å². The second-order valence-electron chi connectivity index (χ2n) is 6.64. The number of ether oxygens (including phenoxy) is 1. The predicted molar refractivity (Wildman–Crippen MR) is 88.0 cm³/mol. The summed E-state index contributed by atoms with van der Waals surface area (Å²) in [5.74, 6) is 1.01. The van der Waals surface area contributed by atoms with Gasteiger partial charge >= 0.3 is 0 Å². The van der Waals surface area contributed by atoms with E-state index in [1.807, 2.05) is 12.1 Å². The third kappa shape index (κ3) is 6.41. The van der Waals surface area contributed by atoms with Crippen molar-refractivity contribution in [2.45, 2.75) is 51.6 Å². The van der Waals surface area contributed by atoms with Crippen molar-refractivity contribution < 1.29 is 8.85 Å². The Balaban J connectivity index is 2.49. The first kappa shape index (κ1) is 16.5. The van der Waals surface area contributed by atoms with Crippen LogP contribution in [0.2, 0.25) is 38.8 Å². The summed E-state index contributed by atoms with van der Waals surface area (Å²) in [7, 11) is -1.16. The van der Waals surface area contributed by atoms with Gasteiger partial charge in [0.2, 0.25) is 0 Å². The molecule has 0 aliphatic carbocycles. The van der Waals surface area contributed by atoms with Crippen LogP contribution in [0.1, 0.15) is 12.0 Å². The Labute approximate surface area is 120 Å². The van der Waals surface area contributed by atoms with Gasteiger partial charge in [0.15, 0.2) is 16.6 Å². The number of aryl methyl sites for hydroxylation is 1. The van der Waals surface area contributed by atoms with Crippen LogP contribution in [0.25, 0.3) is 0 Å². The monoisotopic (exact) mass is 296 g/mol. The smallest absolute Gasteiger partial charge is 0.173 e. The van der Waals surface area contributed by atoms with Crippen LogP contribution in [0.5, 0.6) is 5.75 Å². The maximum atomic E-state index is 6.37. The van der Waals surface area contributed by atoms with E-state index < -0.39 is 16.6 Å². The van der Waals surface area contributed by atoms with E-state index in [2.05, 4.69) is 44.9 Å². The number of methoxy groups -OCH3 is 1. The molecule has 0 saturated heterocycles. The predicted octanol–water partition coefficient (Wildman–Crippen LogP) is 4.68. The van der Waals surface area contributed by atoms with E-state index >= 15 is 0 Å². The molecule has 0 aromatic heterocycles. The molecule has 1 rings (SSSR count). The molecule has 1 aromatic carbocycles. The standard InChI is InChI=1S/C15H28O2Si2/c1-16-15-12-8-7-10-14(15)11-9-13-19(5,6)17-18(2,3)4/h7-8,10,12H,9,11,13H2,1-6H3. The first-order valence-electron chi connectivity index (χ1n) is 7.06. The number of hydrogen-bond donors (Lipinski definition) is 0. The Bertz CT molecular complexity index is 397. The van der Waals surface area contributed by atoms with Gasteiger partial charge in [0.25, 0.3) is 0 Å². The molecule has 1 aromatic rings. The summed E-state index contributed by atoms with van der Waals surface area (Å²) in [6.07, 6.45) is 2.26. The Hall–Kier alpha value is -0.586. The summed E-state index contributed by atoms with van der Waals surface area (Å²) in [4.78, 5) is 0. The molecule has 0 bridgehead atoms. The van der Waals surface area contributed by atoms with Crippen molar-refractivity contribution in [1.29, 1.82) is 0 Å². The number of benzene rings is 1. The van der Waals surface area contributed by atoms with Gasteiger partial charge in [0, 0.05) is 0 Å². The highest BCUT2D eigenvalue weighted by Gasteiger charge is 2.28. The van der Waals surface area contributed by atoms with Gasteiger partial charge in [-0.1, -0.05) is 18.2 Å². The molecule has 0 fully saturated rings. The summed E-state index contributed by atoms with van der Waals surface area (Å²) in [5, 5.41) is 0. The molecule has 0 aliphatic heterocycles. The lowest BCUT2D eigenvalue weighted by Crippen LogP contribution is -2.42.